The van der Waals surface area contributed by atoms with Crippen molar-refractivity contribution in [1.82, 2.24) is 9.88 Å². The highest BCUT2D eigenvalue weighted by molar-refractivity contribution is 9.10. The Balaban J connectivity index is 1.91. The first-order valence-corrected chi connectivity index (χ1v) is 6.97. The van der Waals surface area contributed by atoms with Crippen LogP contribution in [0.1, 0.15) is 11.3 Å². The van der Waals surface area contributed by atoms with Crippen LogP contribution in [0.3, 0.4) is 0 Å². The third-order valence-corrected chi connectivity index (χ3v) is 3.84. The highest BCUT2D eigenvalue weighted by Gasteiger charge is 2.08. The second kappa shape index (κ2) is 6.78. The molecule has 1 heterocycles. The van der Waals surface area contributed by atoms with Crippen molar-refractivity contribution in [2.24, 2.45) is 0 Å². The van der Waals surface area contributed by atoms with Crippen LogP contribution >= 0.6 is 15.9 Å². The zero-order valence-corrected chi connectivity index (χ0v) is 12.4. The van der Waals surface area contributed by atoms with E-state index in [1.54, 1.807) is 12.3 Å². The van der Waals surface area contributed by atoms with Crippen molar-refractivity contribution in [3.8, 4) is 0 Å². The summed E-state index contributed by atoms with van der Waals surface area (Å²) in [4.78, 5) is 6.45. The average molecular weight is 323 g/mol. The molecule has 0 spiro atoms. The minimum Gasteiger partial charge on any atom is -0.302 e. The lowest BCUT2D eigenvalue weighted by atomic mass is 10.2. The maximum absolute atomic E-state index is 13.4. The molecule has 0 aliphatic carbocycles. The zero-order chi connectivity index (χ0) is 13.7. The molecule has 100 valence electrons. The van der Waals surface area contributed by atoms with E-state index in [2.05, 4.69) is 25.8 Å². The van der Waals surface area contributed by atoms with Gasteiger partial charge >= 0.3 is 0 Å². The van der Waals surface area contributed by atoms with Gasteiger partial charge in [0.25, 0.3) is 0 Å². The molecule has 0 saturated heterocycles. The SMILES string of the molecule is CN(CCc1ccccn1)Cc1cccc(F)c1Br. The van der Waals surface area contributed by atoms with E-state index in [4.69, 9.17) is 0 Å². The lowest BCUT2D eigenvalue weighted by Gasteiger charge is -2.17. The van der Waals surface area contributed by atoms with Crippen molar-refractivity contribution in [2.45, 2.75) is 13.0 Å². The largest absolute Gasteiger partial charge is 0.302 e. The first-order valence-electron chi connectivity index (χ1n) is 6.18. The van der Waals surface area contributed by atoms with E-state index in [0.717, 1.165) is 24.2 Å². The fourth-order valence-corrected chi connectivity index (χ4v) is 2.28. The van der Waals surface area contributed by atoms with Crippen molar-refractivity contribution < 1.29 is 4.39 Å². The van der Waals surface area contributed by atoms with Crippen LogP contribution in [-0.2, 0) is 13.0 Å². The van der Waals surface area contributed by atoms with Gasteiger partial charge in [-0.3, -0.25) is 4.98 Å². The van der Waals surface area contributed by atoms with E-state index in [0.29, 0.717) is 11.0 Å². The molecule has 0 atom stereocenters. The van der Waals surface area contributed by atoms with Gasteiger partial charge in [-0.15, -0.1) is 0 Å². The van der Waals surface area contributed by atoms with Crippen molar-refractivity contribution in [3.63, 3.8) is 0 Å². The smallest absolute Gasteiger partial charge is 0.137 e. The summed E-state index contributed by atoms with van der Waals surface area (Å²) in [6, 6.07) is 11.1. The van der Waals surface area contributed by atoms with E-state index in [1.165, 1.54) is 6.07 Å². The van der Waals surface area contributed by atoms with Gasteiger partial charge in [0.2, 0.25) is 0 Å². The summed E-state index contributed by atoms with van der Waals surface area (Å²) in [7, 11) is 2.03. The molecule has 2 rings (SSSR count). The molecule has 1 aromatic heterocycles. The fourth-order valence-electron chi connectivity index (χ4n) is 1.89. The molecule has 0 bridgehead atoms. The summed E-state index contributed by atoms with van der Waals surface area (Å²) in [6.07, 6.45) is 2.70. The Morgan fingerprint density at radius 1 is 1.21 bits per heavy atom. The zero-order valence-electron chi connectivity index (χ0n) is 10.8. The van der Waals surface area contributed by atoms with E-state index < -0.39 is 0 Å². The number of pyridine rings is 1. The minimum absolute atomic E-state index is 0.212. The van der Waals surface area contributed by atoms with E-state index in [-0.39, 0.29) is 5.82 Å². The van der Waals surface area contributed by atoms with Crippen LogP contribution < -0.4 is 0 Å². The minimum atomic E-state index is -0.212. The van der Waals surface area contributed by atoms with Gasteiger partial charge in [-0.05, 0) is 46.7 Å². The molecular formula is C15H16BrFN2. The van der Waals surface area contributed by atoms with E-state index >= 15 is 0 Å². The molecule has 0 aliphatic heterocycles. The topological polar surface area (TPSA) is 16.1 Å². The molecule has 0 amide bonds. The van der Waals surface area contributed by atoms with Crippen LogP contribution in [0.15, 0.2) is 47.1 Å². The second-order valence-corrected chi connectivity index (χ2v) is 5.31. The average Bonchev–Trinajstić information content (AvgIpc) is 2.43. The van der Waals surface area contributed by atoms with Gasteiger partial charge in [-0.25, -0.2) is 4.39 Å². The standard InChI is InChI=1S/C15H16BrFN2/c1-19(10-8-13-6-2-3-9-18-13)11-12-5-4-7-14(17)15(12)16/h2-7,9H,8,10-11H2,1H3. The van der Waals surface area contributed by atoms with Crippen molar-refractivity contribution >= 4 is 15.9 Å². The van der Waals surface area contributed by atoms with Crippen molar-refractivity contribution in [3.05, 3.63) is 64.1 Å². The first-order chi connectivity index (χ1) is 9.16. The maximum Gasteiger partial charge on any atom is 0.137 e. The summed E-state index contributed by atoms with van der Waals surface area (Å²) in [5.74, 6) is -0.212. The Hall–Kier alpha value is -1.26. The number of rotatable bonds is 5. The number of aromatic nitrogens is 1. The van der Waals surface area contributed by atoms with Crippen LogP contribution in [0.5, 0.6) is 0 Å². The third kappa shape index (κ3) is 4.11. The molecule has 0 fully saturated rings. The first kappa shape index (κ1) is 14.2. The van der Waals surface area contributed by atoms with Gasteiger partial charge in [0.1, 0.15) is 5.82 Å². The van der Waals surface area contributed by atoms with Gasteiger partial charge in [0.15, 0.2) is 0 Å². The molecule has 2 aromatic rings. The summed E-state index contributed by atoms with van der Waals surface area (Å²) in [6.45, 7) is 1.60. The van der Waals surface area contributed by atoms with Gasteiger partial charge in [0.05, 0.1) is 4.47 Å². The van der Waals surface area contributed by atoms with Crippen molar-refractivity contribution in [1.29, 1.82) is 0 Å². The van der Waals surface area contributed by atoms with Gasteiger partial charge in [-0.1, -0.05) is 18.2 Å². The highest BCUT2D eigenvalue weighted by atomic mass is 79.9. The maximum atomic E-state index is 13.4. The molecule has 0 aliphatic rings. The summed E-state index contributed by atoms with van der Waals surface area (Å²) in [5, 5.41) is 0. The Morgan fingerprint density at radius 2 is 2.05 bits per heavy atom. The normalized spacial score (nSPS) is 10.9. The van der Waals surface area contributed by atoms with Gasteiger partial charge in [0, 0.05) is 31.4 Å². The molecule has 0 radical (unpaired) electrons. The van der Waals surface area contributed by atoms with E-state index in [1.807, 2.05) is 31.3 Å². The number of benzene rings is 1. The van der Waals surface area contributed by atoms with Crippen molar-refractivity contribution in [2.75, 3.05) is 13.6 Å². The molecule has 19 heavy (non-hydrogen) atoms. The number of nitrogens with zero attached hydrogens (tertiary/aromatic N) is 2. The summed E-state index contributed by atoms with van der Waals surface area (Å²) < 4.78 is 14.0. The van der Waals surface area contributed by atoms with Gasteiger partial charge in [-0.2, -0.15) is 0 Å². The third-order valence-electron chi connectivity index (χ3n) is 2.95. The van der Waals surface area contributed by atoms with Crippen LogP contribution in [0.4, 0.5) is 4.39 Å². The quantitative estimate of drug-likeness (QED) is 0.835. The van der Waals surface area contributed by atoms with Gasteiger partial charge < -0.3 is 4.90 Å². The summed E-state index contributed by atoms with van der Waals surface area (Å²) in [5.41, 5.74) is 2.04. The molecule has 0 saturated carbocycles. The van der Waals surface area contributed by atoms with E-state index in [9.17, 15) is 4.39 Å². The lowest BCUT2D eigenvalue weighted by molar-refractivity contribution is 0.328. The molecular weight excluding hydrogens is 307 g/mol. The fraction of sp³-hybridized carbons (Fsp3) is 0.267. The predicted octanol–water partition coefficient (Wildman–Crippen LogP) is 3.66. The number of likely N-dealkylation sites (N-methyl/N-ethyl adjacent to an activating group) is 1. The van der Waals surface area contributed by atoms with Crippen LogP contribution in [-0.4, -0.2) is 23.5 Å². The molecule has 2 nitrogen and oxygen atoms in total. The predicted molar refractivity (Wildman–Crippen MR) is 78.4 cm³/mol. The molecule has 0 unspecified atom stereocenters. The molecule has 4 heteroatoms. The summed E-state index contributed by atoms with van der Waals surface area (Å²) >= 11 is 3.29. The van der Waals surface area contributed by atoms with Crippen LogP contribution in [0.2, 0.25) is 0 Å². The Labute approximate surface area is 121 Å². The Bertz CT molecular complexity index is 531. The highest BCUT2D eigenvalue weighted by Crippen LogP contribution is 2.21. The number of hydrogen-bond donors (Lipinski definition) is 0. The second-order valence-electron chi connectivity index (χ2n) is 4.52. The Morgan fingerprint density at radius 3 is 2.79 bits per heavy atom. The monoisotopic (exact) mass is 322 g/mol. The number of hydrogen-bond acceptors (Lipinski definition) is 2. The molecule has 1 aromatic carbocycles. The van der Waals surface area contributed by atoms with Crippen LogP contribution in [0.25, 0.3) is 0 Å². The number of halogens is 2. The Kier molecular flexibility index (Phi) is 5.05. The lowest BCUT2D eigenvalue weighted by Crippen LogP contribution is -2.21. The van der Waals surface area contributed by atoms with Crippen LogP contribution in [0, 0.1) is 5.82 Å². The molecule has 0 N–H and O–H groups in total.